The summed E-state index contributed by atoms with van der Waals surface area (Å²) in [6.45, 7) is 4.78. The Kier molecular flexibility index (Phi) is 5.06. The highest BCUT2D eigenvalue weighted by Crippen LogP contribution is 2.22. The predicted octanol–water partition coefficient (Wildman–Crippen LogP) is 3.09. The first-order valence-corrected chi connectivity index (χ1v) is 7.28. The number of nitrogens with zero attached hydrogens (tertiary/aromatic N) is 2. The highest BCUT2D eigenvalue weighted by molar-refractivity contribution is 7.13. The molecule has 2 aromatic heterocycles. The molecule has 0 atom stereocenters. The molecular weight excluding hydrogens is 274 g/mol. The second-order valence-corrected chi connectivity index (χ2v) is 5.59. The first-order chi connectivity index (χ1) is 9.65. The molecule has 0 aliphatic carbocycles. The van der Waals surface area contributed by atoms with Crippen LogP contribution in [0.5, 0.6) is 0 Å². The van der Waals surface area contributed by atoms with Gasteiger partial charge in [0.2, 0.25) is 0 Å². The normalized spacial score (nSPS) is 10.6. The average Bonchev–Trinajstić information content (AvgIpc) is 2.93. The van der Waals surface area contributed by atoms with Crippen LogP contribution < -0.4 is 5.32 Å². The maximum absolute atomic E-state index is 11.4. The van der Waals surface area contributed by atoms with Crippen LogP contribution in [0, 0.1) is 5.92 Å². The van der Waals surface area contributed by atoms with Gasteiger partial charge in [0.1, 0.15) is 5.01 Å². The Morgan fingerprint density at radius 1 is 1.50 bits per heavy atom. The van der Waals surface area contributed by atoms with E-state index in [0.717, 1.165) is 16.3 Å². The molecule has 0 aromatic carbocycles. The summed E-state index contributed by atoms with van der Waals surface area (Å²) < 4.78 is 5.03. The van der Waals surface area contributed by atoms with E-state index in [0.29, 0.717) is 19.1 Å². The van der Waals surface area contributed by atoms with Gasteiger partial charge in [0.05, 0.1) is 18.8 Å². The number of thiazole rings is 1. The van der Waals surface area contributed by atoms with Crippen molar-refractivity contribution in [1.29, 1.82) is 0 Å². The van der Waals surface area contributed by atoms with Crippen LogP contribution in [0.15, 0.2) is 29.9 Å². The summed E-state index contributed by atoms with van der Waals surface area (Å²) in [6.07, 6.45) is 3.09. The number of carbonyl (C=O) groups excluding carboxylic acids is 1. The van der Waals surface area contributed by atoms with Gasteiger partial charge in [-0.15, -0.1) is 11.3 Å². The molecule has 0 bridgehead atoms. The van der Waals surface area contributed by atoms with Crippen LogP contribution in [0.2, 0.25) is 0 Å². The van der Waals surface area contributed by atoms with E-state index in [1.807, 2.05) is 31.4 Å². The highest BCUT2D eigenvalue weighted by Gasteiger charge is 2.07. The van der Waals surface area contributed by atoms with Gasteiger partial charge in [-0.05, 0) is 18.1 Å². The van der Waals surface area contributed by atoms with Crippen LogP contribution in [-0.4, -0.2) is 22.7 Å². The van der Waals surface area contributed by atoms with Crippen LogP contribution in [0.25, 0.3) is 10.6 Å². The van der Waals surface area contributed by atoms with Crippen molar-refractivity contribution < 1.29 is 9.53 Å². The van der Waals surface area contributed by atoms with Gasteiger partial charge >= 0.3 is 6.09 Å². The molecule has 6 heteroatoms. The Hall–Kier alpha value is -1.95. The van der Waals surface area contributed by atoms with Crippen LogP contribution in [0.1, 0.15) is 19.5 Å². The van der Waals surface area contributed by atoms with Crippen molar-refractivity contribution in [3.8, 4) is 10.6 Å². The maximum Gasteiger partial charge on any atom is 0.407 e. The van der Waals surface area contributed by atoms with E-state index in [-0.39, 0.29) is 0 Å². The van der Waals surface area contributed by atoms with Gasteiger partial charge in [-0.2, -0.15) is 0 Å². The van der Waals surface area contributed by atoms with Gasteiger partial charge in [-0.25, -0.2) is 9.78 Å². The van der Waals surface area contributed by atoms with E-state index in [9.17, 15) is 4.79 Å². The Balaban J connectivity index is 1.86. The molecule has 0 aliphatic rings. The van der Waals surface area contributed by atoms with Crippen molar-refractivity contribution in [1.82, 2.24) is 15.3 Å². The lowest BCUT2D eigenvalue weighted by atomic mass is 10.2. The molecule has 0 spiro atoms. The van der Waals surface area contributed by atoms with Crippen molar-refractivity contribution in [2.75, 3.05) is 6.61 Å². The van der Waals surface area contributed by atoms with Gasteiger partial charge < -0.3 is 10.1 Å². The third-order valence-electron chi connectivity index (χ3n) is 2.42. The fourth-order valence-electron chi connectivity index (χ4n) is 1.47. The van der Waals surface area contributed by atoms with Crippen LogP contribution in [-0.2, 0) is 11.3 Å². The van der Waals surface area contributed by atoms with E-state index in [1.165, 1.54) is 11.3 Å². The van der Waals surface area contributed by atoms with E-state index < -0.39 is 6.09 Å². The molecule has 5 nitrogen and oxygen atoms in total. The summed E-state index contributed by atoms with van der Waals surface area (Å²) >= 11 is 1.53. The molecule has 2 heterocycles. The molecule has 20 heavy (non-hydrogen) atoms. The number of pyridine rings is 1. The second-order valence-electron chi connectivity index (χ2n) is 4.73. The van der Waals surface area contributed by atoms with Crippen molar-refractivity contribution >= 4 is 17.4 Å². The fraction of sp³-hybridized carbons (Fsp3) is 0.357. The largest absolute Gasteiger partial charge is 0.449 e. The number of rotatable bonds is 5. The third-order valence-corrected chi connectivity index (χ3v) is 3.36. The number of ether oxygens (including phenoxy) is 1. The molecule has 0 saturated heterocycles. The van der Waals surface area contributed by atoms with Gasteiger partial charge in [0, 0.05) is 23.3 Å². The molecule has 2 aromatic rings. The van der Waals surface area contributed by atoms with Crippen molar-refractivity contribution in [3.63, 3.8) is 0 Å². The number of amides is 1. The molecule has 0 fully saturated rings. The average molecular weight is 291 g/mol. The molecule has 0 saturated carbocycles. The van der Waals surface area contributed by atoms with Gasteiger partial charge in [-0.3, -0.25) is 4.98 Å². The first-order valence-electron chi connectivity index (χ1n) is 6.40. The zero-order chi connectivity index (χ0) is 14.4. The van der Waals surface area contributed by atoms with Gasteiger partial charge in [0.25, 0.3) is 0 Å². The van der Waals surface area contributed by atoms with Gasteiger partial charge in [0.15, 0.2) is 0 Å². The maximum atomic E-state index is 11.4. The minimum Gasteiger partial charge on any atom is -0.449 e. The number of hydrogen-bond acceptors (Lipinski definition) is 5. The molecule has 0 aliphatic heterocycles. The molecule has 106 valence electrons. The summed E-state index contributed by atoms with van der Waals surface area (Å²) in [5, 5.41) is 5.50. The van der Waals surface area contributed by atoms with Crippen molar-refractivity contribution in [3.05, 3.63) is 35.6 Å². The lowest BCUT2D eigenvalue weighted by Gasteiger charge is -2.07. The minimum atomic E-state index is -0.408. The zero-order valence-electron chi connectivity index (χ0n) is 11.5. The third kappa shape index (κ3) is 4.31. The summed E-state index contributed by atoms with van der Waals surface area (Å²) in [4.78, 5) is 19.9. The number of alkyl carbamates (subject to hydrolysis) is 1. The Labute approximate surface area is 122 Å². The zero-order valence-corrected chi connectivity index (χ0v) is 12.3. The standard InChI is InChI=1S/C14H17N3O2S/c1-10(2)8-19-14(18)16-7-12-9-20-13(17-12)11-4-3-5-15-6-11/h3-6,9-10H,7-8H2,1-2H3,(H,16,18). The summed E-state index contributed by atoms with van der Waals surface area (Å²) in [5.41, 5.74) is 1.79. The van der Waals surface area contributed by atoms with Crippen LogP contribution in [0.4, 0.5) is 4.79 Å². The smallest absolute Gasteiger partial charge is 0.407 e. The topological polar surface area (TPSA) is 64.1 Å². The Bertz CT molecular complexity index is 555. The van der Waals surface area contributed by atoms with Crippen molar-refractivity contribution in [2.45, 2.75) is 20.4 Å². The number of aromatic nitrogens is 2. The first kappa shape index (κ1) is 14.5. The second kappa shape index (κ2) is 7.00. The van der Waals surface area contributed by atoms with E-state index >= 15 is 0 Å². The fourth-order valence-corrected chi connectivity index (χ4v) is 2.28. The van der Waals surface area contributed by atoms with Crippen LogP contribution in [0.3, 0.4) is 0 Å². The molecule has 1 N–H and O–H groups in total. The lowest BCUT2D eigenvalue weighted by molar-refractivity contribution is 0.132. The molecule has 0 radical (unpaired) electrons. The summed E-state index contributed by atoms with van der Waals surface area (Å²) in [7, 11) is 0. The molecule has 1 amide bonds. The van der Waals surface area contributed by atoms with E-state index in [4.69, 9.17) is 4.74 Å². The molecule has 2 rings (SSSR count). The quantitative estimate of drug-likeness (QED) is 0.919. The Morgan fingerprint density at radius 3 is 3.05 bits per heavy atom. The summed E-state index contributed by atoms with van der Waals surface area (Å²) in [6, 6.07) is 3.83. The number of carbonyl (C=O) groups is 1. The minimum absolute atomic E-state index is 0.331. The molecule has 0 unspecified atom stereocenters. The van der Waals surface area contributed by atoms with Gasteiger partial charge in [-0.1, -0.05) is 13.8 Å². The monoisotopic (exact) mass is 291 g/mol. The number of hydrogen-bond donors (Lipinski definition) is 1. The van der Waals surface area contributed by atoms with E-state index in [1.54, 1.807) is 12.4 Å². The SMILES string of the molecule is CC(C)COC(=O)NCc1csc(-c2cccnc2)n1. The Morgan fingerprint density at radius 2 is 2.35 bits per heavy atom. The van der Waals surface area contributed by atoms with Crippen molar-refractivity contribution in [2.24, 2.45) is 5.92 Å². The summed E-state index contributed by atoms with van der Waals surface area (Å²) in [5.74, 6) is 0.331. The molecular formula is C14H17N3O2S. The highest BCUT2D eigenvalue weighted by atomic mass is 32.1. The predicted molar refractivity (Wildman–Crippen MR) is 78.4 cm³/mol. The van der Waals surface area contributed by atoms with Crippen LogP contribution >= 0.6 is 11.3 Å². The van der Waals surface area contributed by atoms with E-state index in [2.05, 4.69) is 15.3 Å². The lowest BCUT2D eigenvalue weighted by Crippen LogP contribution is -2.25. The number of nitrogens with one attached hydrogen (secondary N) is 1.